The predicted octanol–water partition coefficient (Wildman–Crippen LogP) is 6.59. The van der Waals surface area contributed by atoms with Crippen molar-refractivity contribution < 1.29 is 9.90 Å². The van der Waals surface area contributed by atoms with Gasteiger partial charge in [-0.3, -0.25) is 4.79 Å². The van der Waals surface area contributed by atoms with Crippen LogP contribution in [0, 0.1) is 46.3 Å². The number of likely N-dealkylation sites (N-methyl/N-ethyl adjacent to an activating group) is 1. The predicted molar refractivity (Wildman–Crippen MR) is 123 cm³/mol. The molecule has 0 radical (unpaired) electrons. The summed E-state index contributed by atoms with van der Waals surface area (Å²) in [5.74, 6) is 4.69. The number of hydrogen-bond donors (Lipinski definition) is 1. The van der Waals surface area contributed by atoms with Crippen LogP contribution in [-0.2, 0) is 4.79 Å². The molecule has 30 heavy (non-hydrogen) atoms. The summed E-state index contributed by atoms with van der Waals surface area (Å²) in [7, 11) is 1.85. The number of carboxylic acid groups (broad SMARTS) is 1. The highest BCUT2D eigenvalue weighted by molar-refractivity contribution is 5.69. The Labute approximate surface area is 184 Å². The van der Waals surface area contributed by atoms with Gasteiger partial charge in [0.25, 0.3) is 0 Å². The summed E-state index contributed by atoms with van der Waals surface area (Å²) < 4.78 is 0. The number of carbonyl (C=O) groups is 1. The second-order valence-electron chi connectivity index (χ2n) is 12.0. The lowest BCUT2D eigenvalue weighted by Crippen LogP contribution is -2.53. The summed E-state index contributed by atoms with van der Waals surface area (Å²) in [6, 6.07) is 0. The molecule has 0 aromatic carbocycles. The van der Waals surface area contributed by atoms with Crippen molar-refractivity contribution >= 4 is 5.97 Å². The van der Waals surface area contributed by atoms with E-state index in [4.69, 9.17) is 5.11 Å². The second-order valence-corrected chi connectivity index (χ2v) is 12.0. The lowest BCUT2D eigenvalue weighted by atomic mass is 9.44. The average molecular weight is 416 g/mol. The van der Waals surface area contributed by atoms with Crippen LogP contribution in [0.15, 0.2) is 12.3 Å². The Morgan fingerprint density at radius 3 is 2.57 bits per heavy atom. The van der Waals surface area contributed by atoms with E-state index >= 15 is 0 Å². The van der Waals surface area contributed by atoms with E-state index in [1.165, 1.54) is 64.2 Å². The largest absolute Gasteiger partial charge is 0.480 e. The van der Waals surface area contributed by atoms with Crippen LogP contribution in [0.3, 0.4) is 0 Å². The van der Waals surface area contributed by atoms with Gasteiger partial charge in [0.1, 0.15) is 6.54 Å². The molecule has 3 nitrogen and oxygen atoms in total. The van der Waals surface area contributed by atoms with Gasteiger partial charge < -0.3 is 10.0 Å². The van der Waals surface area contributed by atoms with Crippen LogP contribution in [0.2, 0.25) is 0 Å². The molecule has 170 valence electrons. The Hall–Kier alpha value is -0.990. The lowest BCUT2D eigenvalue weighted by molar-refractivity contribution is -0.137. The first kappa shape index (κ1) is 22.2. The molecule has 0 bridgehead atoms. The summed E-state index contributed by atoms with van der Waals surface area (Å²) in [5.41, 5.74) is 1.17. The SMILES string of the molecule is C[C@H](CC=CN(C)CC(=O)O)[C@H]1CC[C@H]2[C@@H]3CCC4CCCC[C@]4(C)[C@H]3CC[C@]12C. The summed E-state index contributed by atoms with van der Waals surface area (Å²) >= 11 is 0. The van der Waals surface area contributed by atoms with Gasteiger partial charge in [-0.25, -0.2) is 0 Å². The van der Waals surface area contributed by atoms with Crippen LogP contribution in [0.25, 0.3) is 0 Å². The third-order valence-electron chi connectivity index (χ3n) is 10.6. The van der Waals surface area contributed by atoms with Gasteiger partial charge in [-0.05, 0) is 110 Å². The molecule has 0 aromatic heterocycles. The Balaban J connectivity index is 1.42. The zero-order valence-corrected chi connectivity index (χ0v) is 19.9. The molecule has 4 aliphatic carbocycles. The van der Waals surface area contributed by atoms with E-state index in [1.54, 1.807) is 4.90 Å². The normalized spacial score (nSPS) is 44.2. The molecule has 0 aliphatic heterocycles. The quantitative estimate of drug-likeness (QED) is 0.532. The molecule has 4 rings (SSSR count). The van der Waals surface area contributed by atoms with Gasteiger partial charge in [-0.15, -0.1) is 0 Å². The number of fused-ring (bicyclic) bond motifs is 5. The fraction of sp³-hybridized carbons (Fsp3) is 0.889. The Kier molecular flexibility index (Phi) is 6.30. The summed E-state index contributed by atoms with van der Waals surface area (Å²) in [6.45, 7) is 7.86. The molecule has 0 saturated heterocycles. The standard InChI is InChI=1S/C27H45NO2/c1-19(8-7-17-28(4)18-25(29)30)22-12-13-23-21-11-10-20-9-5-6-15-26(20,2)24(21)14-16-27(22,23)3/h7,17,19-24H,5-6,8-16,18H2,1-4H3,(H,29,30)/t19-,20?,21+,22-,23+,24+,26+,27-/m1/s1. The van der Waals surface area contributed by atoms with Crippen LogP contribution in [-0.4, -0.2) is 29.6 Å². The molecule has 4 fully saturated rings. The molecule has 1 unspecified atom stereocenters. The second kappa shape index (κ2) is 8.51. The topological polar surface area (TPSA) is 40.5 Å². The van der Waals surface area contributed by atoms with E-state index in [9.17, 15) is 4.79 Å². The Morgan fingerprint density at radius 1 is 1.03 bits per heavy atom. The van der Waals surface area contributed by atoms with Gasteiger partial charge in [0.05, 0.1) is 0 Å². The van der Waals surface area contributed by atoms with E-state index in [1.807, 2.05) is 13.2 Å². The Bertz CT molecular complexity index is 659. The van der Waals surface area contributed by atoms with Crippen LogP contribution < -0.4 is 0 Å². The molecule has 4 aliphatic rings. The van der Waals surface area contributed by atoms with Crippen molar-refractivity contribution in [1.29, 1.82) is 0 Å². The van der Waals surface area contributed by atoms with Gasteiger partial charge in [0.15, 0.2) is 0 Å². The highest BCUT2D eigenvalue weighted by atomic mass is 16.4. The third kappa shape index (κ3) is 3.84. The summed E-state index contributed by atoms with van der Waals surface area (Å²) in [6.07, 6.45) is 20.0. The van der Waals surface area contributed by atoms with E-state index in [0.717, 1.165) is 36.0 Å². The fourth-order valence-electron chi connectivity index (χ4n) is 9.16. The first-order valence-corrected chi connectivity index (χ1v) is 12.8. The van der Waals surface area contributed by atoms with Gasteiger partial charge in [0, 0.05) is 7.05 Å². The van der Waals surface area contributed by atoms with Gasteiger partial charge in [-0.1, -0.05) is 39.7 Å². The molecular weight excluding hydrogens is 370 g/mol. The fourth-order valence-corrected chi connectivity index (χ4v) is 9.16. The maximum Gasteiger partial charge on any atom is 0.323 e. The van der Waals surface area contributed by atoms with E-state index in [0.29, 0.717) is 16.7 Å². The molecule has 0 amide bonds. The van der Waals surface area contributed by atoms with Gasteiger partial charge in [0.2, 0.25) is 0 Å². The highest BCUT2D eigenvalue weighted by Gasteiger charge is 2.59. The van der Waals surface area contributed by atoms with Crippen LogP contribution in [0.4, 0.5) is 0 Å². The summed E-state index contributed by atoms with van der Waals surface area (Å²) in [5, 5.41) is 8.94. The van der Waals surface area contributed by atoms with Crippen LogP contribution >= 0.6 is 0 Å². The molecule has 4 saturated carbocycles. The van der Waals surface area contributed by atoms with Crippen molar-refractivity contribution in [3.63, 3.8) is 0 Å². The maximum absolute atomic E-state index is 10.9. The van der Waals surface area contributed by atoms with E-state index < -0.39 is 5.97 Å². The molecule has 0 heterocycles. The first-order chi connectivity index (χ1) is 14.3. The third-order valence-corrected chi connectivity index (χ3v) is 10.6. The van der Waals surface area contributed by atoms with Crippen molar-refractivity contribution in [2.45, 2.75) is 91.4 Å². The van der Waals surface area contributed by atoms with Crippen LogP contribution in [0.5, 0.6) is 0 Å². The monoisotopic (exact) mass is 415 g/mol. The lowest BCUT2D eigenvalue weighted by Gasteiger charge is -2.61. The van der Waals surface area contributed by atoms with E-state index in [-0.39, 0.29) is 6.54 Å². The minimum Gasteiger partial charge on any atom is -0.480 e. The number of carboxylic acids is 1. The zero-order valence-electron chi connectivity index (χ0n) is 19.9. The summed E-state index contributed by atoms with van der Waals surface area (Å²) in [4.78, 5) is 12.6. The van der Waals surface area contributed by atoms with Crippen molar-refractivity contribution in [3.05, 3.63) is 12.3 Å². The number of nitrogens with zero attached hydrogens (tertiary/aromatic N) is 1. The zero-order chi connectivity index (χ0) is 21.5. The molecule has 0 spiro atoms. The van der Waals surface area contributed by atoms with Crippen LogP contribution in [0.1, 0.15) is 91.4 Å². The van der Waals surface area contributed by atoms with Gasteiger partial charge in [-0.2, -0.15) is 0 Å². The molecule has 0 aromatic rings. The van der Waals surface area contributed by atoms with Crippen molar-refractivity contribution in [3.8, 4) is 0 Å². The maximum atomic E-state index is 10.9. The van der Waals surface area contributed by atoms with Crippen molar-refractivity contribution in [2.24, 2.45) is 46.3 Å². The molecule has 8 atom stereocenters. The van der Waals surface area contributed by atoms with Gasteiger partial charge >= 0.3 is 5.97 Å². The number of aliphatic carboxylic acids is 1. The average Bonchev–Trinajstić information content (AvgIpc) is 3.04. The first-order valence-electron chi connectivity index (χ1n) is 12.8. The van der Waals surface area contributed by atoms with Crippen molar-refractivity contribution in [2.75, 3.05) is 13.6 Å². The minimum absolute atomic E-state index is 0.0803. The molecule has 1 N–H and O–H groups in total. The minimum atomic E-state index is -0.764. The number of hydrogen-bond acceptors (Lipinski definition) is 2. The van der Waals surface area contributed by atoms with E-state index in [2.05, 4.69) is 26.8 Å². The molecular formula is C27H45NO2. The Morgan fingerprint density at radius 2 is 1.80 bits per heavy atom. The smallest absolute Gasteiger partial charge is 0.323 e. The number of allylic oxidation sites excluding steroid dienone is 1. The number of rotatable bonds is 6. The van der Waals surface area contributed by atoms with Crippen molar-refractivity contribution in [1.82, 2.24) is 4.90 Å². The molecule has 3 heteroatoms. The highest BCUT2D eigenvalue weighted by Crippen LogP contribution is 2.68.